The zero-order valence-electron chi connectivity index (χ0n) is 24.2. The molecule has 0 bridgehead atoms. The largest absolute Gasteiger partial charge is 0.416 e. The van der Waals surface area contributed by atoms with Crippen molar-refractivity contribution in [1.29, 1.82) is 0 Å². The minimum atomic E-state index is -4.40. The number of alkyl halides is 3. The summed E-state index contributed by atoms with van der Waals surface area (Å²) in [5.41, 5.74) is 4.73. The number of piperidine rings is 1. The Morgan fingerprint density at radius 1 is 1.09 bits per heavy atom. The molecule has 1 fully saturated rings. The standard InChI is InChI=1S/C33H35F3N6O/c1-23-19-30(13-16-37-23)40-29-10-5-26(6-11-29)22-42(31-14-17-41(18-15-31)24(2)27-20-38-39-21-27)32(43)12-7-25-3-8-28(9-4-25)33(34,35)36/h3-13,16,19-21,24,31H,14-15,17-18,22H2,1-2H3,(H,37,40)(H,38,39)/b12-7+. The predicted molar refractivity (Wildman–Crippen MR) is 161 cm³/mol. The van der Waals surface area contributed by atoms with Crippen LogP contribution in [-0.2, 0) is 17.5 Å². The molecule has 43 heavy (non-hydrogen) atoms. The van der Waals surface area contributed by atoms with Gasteiger partial charge in [-0.15, -0.1) is 0 Å². The Morgan fingerprint density at radius 3 is 2.44 bits per heavy atom. The first kappa shape index (κ1) is 30.0. The summed E-state index contributed by atoms with van der Waals surface area (Å²) in [5, 5.41) is 10.3. The van der Waals surface area contributed by atoms with Crippen LogP contribution in [0.2, 0.25) is 0 Å². The van der Waals surface area contributed by atoms with Crippen LogP contribution in [0.3, 0.4) is 0 Å². The lowest BCUT2D eigenvalue weighted by Gasteiger charge is -2.40. The molecule has 5 rings (SSSR count). The predicted octanol–water partition coefficient (Wildman–Crippen LogP) is 7.14. The van der Waals surface area contributed by atoms with Gasteiger partial charge in [-0.3, -0.25) is 19.8 Å². The Labute approximate surface area is 249 Å². The number of aromatic amines is 1. The lowest BCUT2D eigenvalue weighted by Crippen LogP contribution is -2.47. The van der Waals surface area contributed by atoms with E-state index < -0.39 is 11.7 Å². The first-order valence-electron chi connectivity index (χ1n) is 14.3. The van der Waals surface area contributed by atoms with Gasteiger partial charge in [0.15, 0.2) is 0 Å². The van der Waals surface area contributed by atoms with E-state index >= 15 is 0 Å². The van der Waals surface area contributed by atoms with E-state index in [4.69, 9.17) is 0 Å². The van der Waals surface area contributed by atoms with Gasteiger partial charge in [-0.05, 0) is 80.3 Å². The van der Waals surface area contributed by atoms with Crippen molar-refractivity contribution in [2.75, 3.05) is 18.4 Å². The summed E-state index contributed by atoms with van der Waals surface area (Å²) in [6.45, 7) is 6.18. The summed E-state index contributed by atoms with van der Waals surface area (Å²) in [5.74, 6) is -0.171. The topological polar surface area (TPSA) is 77.2 Å². The molecule has 7 nitrogen and oxygen atoms in total. The Bertz CT molecular complexity index is 1510. The van der Waals surface area contributed by atoms with Gasteiger partial charge in [-0.2, -0.15) is 18.3 Å². The van der Waals surface area contributed by atoms with Gasteiger partial charge in [0.2, 0.25) is 5.91 Å². The number of carbonyl (C=O) groups excluding carboxylic acids is 1. The van der Waals surface area contributed by atoms with E-state index in [1.54, 1.807) is 12.3 Å². The summed E-state index contributed by atoms with van der Waals surface area (Å²) in [6, 6.07) is 16.9. The zero-order chi connectivity index (χ0) is 30.4. The second-order valence-corrected chi connectivity index (χ2v) is 10.9. The molecular weight excluding hydrogens is 553 g/mol. The van der Waals surface area contributed by atoms with Crippen LogP contribution in [0.5, 0.6) is 0 Å². The van der Waals surface area contributed by atoms with Crippen molar-refractivity contribution >= 4 is 23.4 Å². The molecule has 0 saturated carbocycles. The molecule has 1 aliphatic rings. The maximum Gasteiger partial charge on any atom is 0.416 e. The molecule has 2 N–H and O–H groups in total. The molecular formula is C33H35F3N6O. The number of nitrogens with zero attached hydrogens (tertiary/aromatic N) is 4. The van der Waals surface area contributed by atoms with Gasteiger partial charge in [-0.25, -0.2) is 0 Å². The van der Waals surface area contributed by atoms with Crippen LogP contribution in [0, 0.1) is 6.92 Å². The SMILES string of the molecule is Cc1cc(Nc2ccc(CN(C(=O)/C=C/c3ccc(C(F)(F)F)cc3)C3CCN(C(C)c4cn[nH]c4)CC3)cc2)ccn1. The number of hydrogen-bond donors (Lipinski definition) is 2. The quantitative estimate of drug-likeness (QED) is 0.203. The summed E-state index contributed by atoms with van der Waals surface area (Å²) in [4.78, 5) is 22.1. The minimum absolute atomic E-state index is 0.0233. The third kappa shape index (κ3) is 7.90. The third-order valence-corrected chi connectivity index (χ3v) is 7.92. The normalized spacial score (nSPS) is 15.5. The highest BCUT2D eigenvalue weighted by Gasteiger charge is 2.31. The van der Waals surface area contributed by atoms with E-state index in [0.29, 0.717) is 12.1 Å². The molecule has 0 radical (unpaired) electrons. The highest BCUT2D eigenvalue weighted by Crippen LogP contribution is 2.30. The average Bonchev–Trinajstić information content (AvgIpc) is 3.54. The number of aromatic nitrogens is 3. The minimum Gasteiger partial charge on any atom is -0.355 e. The first-order chi connectivity index (χ1) is 20.7. The van der Waals surface area contributed by atoms with Crippen molar-refractivity contribution in [3.63, 3.8) is 0 Å². The van der Waals surface area contributed by atoms with Crippen LogP contribution >= 0.6 is 0 Å². The van der Waals surface area contributed by atoms with Gasteiger partial charge in [0.05, 0.1) is 11.8 Å². The summed E-state index contributed by atoms with van der Waals surface area (Å²) in [7, 11) is 0. The number of likely N-dealkylation sites (tertiary alicyclic amines) is 1. The molecule has 4 aromatic rings. The van der Waals surface area contributed by atoms with Crippen LogP contribution < -0.4 is 5.32 Å². The molecule has 10 heteroatoms. The number of nitrogens with one attached hydrogen (secondary N) is 2. The van der Waals surface area contributed by atoms with Crippen molar-refractivity contribution in [3.05, 3.63) is 113 Å². The number of rotatable bonds is 9. The third-order valence-electron chi connectivity index (χ3n) is 7.92. The molecule has 1 atom stereocenters. The lowest BCUT2D eigenvalue weighted by atomic mass is 9.99. The van der Waals surface area contributed by atoms with Crippen LogP contribution in [0.4, 0.5) is 24.5 Å². The van der Waals surface area contributed by atoms with E-state index in [1.807, 2.05) is 60.6 Å². The highest BCUT2D eigenvalue weighted by molar-refractivity contribution is 5.92. The molecule has 1 aliphatic heterocycles. The number of halogens is 3. The second-order valence-electron chi connectivity index (χ2n) is 10.9. The fourth-order valence-corrected chi connectivity index (χ4v) is 5.40. The summed E-state index contributed by atoms with van der Waals surface area (Å²) in [6.07, 6.45) is 5.77. The lowest BCUT2D eigenvalue weighted by molar-refractivity contribution is -0.137. The molecule has 2 aromatic carbocycles. The van der Waals surface area contributed by atoms with Crippen LogP contribution in [0.25, 0.3) is 6.08 Å². The number of amides is 1. The zero-order valence-corrected chi connectivity index (χ0v) is 24.2. The van der Waals surface area contributed by atoms with E-state index in [-0.39, 0.29) is 18.0 Å². The number of carbonyl (C=O) groups is 1. The van der Waals surface area contributed by atoms with Crippen molar-refractivity contribution in [2.24, 2.45) is 0 Å². The number of benzene rings is 2. The fraction of sp³-hybridized carbons (Fsp3) is 0.303. The van der Waals surface area contributed by atoms with E-state index in [9.17, 15) is 18.0 Å². The fourth-order valence-electron chi connectivity index (χ4n) is 5.40. The van der Waals surface area contributed by atoms with Gasteiger partial charge >= 0.3 is 6.18 Å². The molecule has 3 heterocycles. The number of H-pyrrole nitrogens is 1. The van der Waals surface area contributed by atoms with E-state index in [1.165, 1.54) is 18.2 Å². The smallest absolute Gasteiger partial charge is 0.355 e. The molecule has 1 saturated heterocycles. The molecule has 224 valence electrons. The Morgan fingerprint density at radius 2 is 1.81 bits per heavy atom. The highest BCUT2D eigenvalue weighted by atomic mass is 19.4. The van der Waals surface area contributed by atoms with Gasteiger partial charge in [0.25, 0.3) is 0 Å². The molecule has 1 amide bonds. The van der Waals surface area contributed by atoms with Crippen LogP contribution in [0.15, 0.2) is 85.3 Å². The molecule has 0 spiro atoms. The second kappa shape index (κ2) is 13.2. The van der Waals surface area contributed by atoms with Gasteiger partial charge < -0.3 is 10.2 Å². The van der Waals surface area contributed by atoms with Crippen molar-refractivity contribution in [3.8, 4) is 0 Å². The van der Waals surface area contributed by atoms with Crippen LogP contribution in [0.1, 0.15) is 53.8 Å². The molecule has 0 aliphatic carbocycles. The van der Waals surface area contributed by atoms with Gasteiger partial charge in [0.1, 0.15) is 0 Å². The number of anilines is 2. The maximum atomic E-state index is 13.6. The van der Waals surface area contributed by atoms with Gasteiger partial charge in [-0.1, -0.05) is 24.3 Å². The average molecular weight is 589 g/mol. The van der Waals surface area contributed by atoms with Gasteiger partial charge in [0, 0.05) is 72.8 Å². The number of aryl methyl sites for hydroxylation is 1. The Kier molecular flexibility index (Phi) is 9.25. The van der Waals surface area contributed by atoms with E-state index in [0.717, 1.165) is 66.3 Å². The van der Waals surface area contributed by atoms with Crippen molar-refractivity contribution in [1.82, 2.24) is 25.0 Å². The monoisotopic (exact) mass is 588 g/mol. The molecule has 2 aromatic heterocycles. The Hall–Kier alpha value is -4.44. The Balaban J connectivity index is 1.30. The number of pyridine rings is 1. The molecule has 1 unspecified atom stereocenters. The van der Waals surface area contributed by atoms with Crippen LogP contribution in [-0.4, -0.2) is 50.0 Å². The summed E-state index contributed by atoms with van der Waals surface area (Å²) >= 11 is 0. The maximum absolute atomic E-state index is 13.6. The number of hydrogen-bond acceptors (Lipinski definition) is 5. The summed E-state index contributed by atoms with van der Waals surface area (Å²) < 4.78 is 38.9. The van der Waals surface area contributed by atoms with Crippen molar-refractivity contribution < 1.29 is 18.0 Å². The van der Waals surface area contributed by atoms with Crippen molar-refractivity contribution in [2.45, 2.75) is 51.5 Å². The first-order valence-corrected chi connectivity index (χ1v) is 14.3. The van der Waals surface area contributed by atoms with E-state index in [2.05, 4.69) is 32.3 Å².